The molecule has 136 valence electrons. The van der Waals surface area contributed by atoms with Crippen molar-refractivity contribution in [3.8, 4) is 0 Å². The molecule has 0 saturated carbocycles. The quantitative estimate of drug-likeness (QED) is 0.627. The van der Waals surface area contributed by atoms with E-state index in [2.05, 4.69) is 5.32 Å². The summed E-state index contributed by atoms with van der Waals surface area (Å²) in [6, 6.07) is 13.0. The number of benzene rings is 2. The molecule has 2 aromatic carbocycles. The fraction of sp³-hybridized carbons (Fsp3) is 0.294. The Bertz CT molecular complexity index is 747. The van der Waals surface area contributed by atoms with Gasteiger partial charge in [-0.15, -0.1) is 0 Å². The summed E-state index contributed by atoms with van der Waals surface area (Å²) >= 11 is 0. The van der Waals surface area contributed by atoms with E-state index in [0.29, 0.717) is 24.3 Å². The van der Waals surface area contributed by atoms with Crippen molar-refractivity contribution in [1.82, 2.24) is 5.32 Å². The highest BCUT2D eigenvalue weighted by atomic mass is 32.3. The predicted molar refractivity (Wildman–Crippen MR) is 99.7 cm³/mol. The first-order valence-electron chi connectivity index (χ1n) is 7.99. The summed E-state index contributed by atoms with van der Waals surface area (Å²) in [5.41, 5.74) is 1.23. The molecule has 1 aliphatic heterocycles. The Balaban J connectivity index is 1.97. The normalized spacial score (nSPS) is 18.1. The largest absolute Gasteiger partial charge is 0.392 e. The molecule has 2 aromatic rings. The summed E-state index contributed by atoms with van der Waals surface area (Å²) < 4.78 is 38.7. The van der Waals surface area contributed by atoms with Crippen molar-refractivity contribution in [3.05, 3.63) is 54.3 Å². The lowest BCUT2D eigenvalue weighted by atomic mass is 10.2. The lowest BCUT2D eigenvalue weighted by molar-refractivity contribution is 0.167. The Morgan fingerprint density at radius 2 is 1.64 bits per heavy atom. The average Bonchev–Trinajstić information content (AvgIpc) is 2.80. The maximum Gasteiger partial charge on any atom is 0.148 e. The van der Waals surface area contributed by atoms with E-state index < -0.39 is 22.9 Å². The van der Waals surface area contributed by atoms with Crippen molar-refractivity contribution >= 4 is 28.0 Å². The van der Waals surface area contributed by atoms with Gasteiger partial charge in [0.1, 0.15) is 11.5 Å². The van der Waals surface area contributed by atoms with Gasteiger partial charge in [0.25, 0.3) is 0 Å². The van der Waals surface area contributed by atoms with E-state index in [1.807, 2.05) is 0 Å². The second-order valence-corrected chi connectivity index (χ2v) is 7.61. The first-order chi connectivity index (χ1) is 12.0. The van der Waals surface area contributed by atoms with Gasteiger partial charge >= 0.3 is 0 Å². The van der Waals surface area contributed by atoms with Crippen molar-refractivity contribution in [2.75, 3.05) is 28.7 Å². The first kappa shape index (κ1) is 18.0. The molecule has 1 aliphatic rings. The zero-order valence-electron chi connectivity index (χ0n) is 13.8. The third kappa shape index (κ3) is 3.31. The Kier molecular flexibility index (Phi) is 5.16. The van der Waals surface area contributed by atoms with E-state index in [4.69, 9.17) is 0 Å². The number of halogens is 1. The van der Waals surface area contributed by atoms with Gasteiger partial charge in [0.15, 0.2) is 0 Å². The van der Waals surface area contributed by atoms with Gasteiger partial charge in [-0.25, -0.2) is 8.70 Å². The second-order valence-electron chi connectivity index (χ2n) is 5.83. The number of para-hydroxylation sites is 3. The minimum Gasteiger partial charge on any atom is -0.392 e. The molecule has 0 aromatic heterocycles. The maximum atomic E-state index is 14.3. The van der Waals surface area contributed by atoms with Crippen LogP contribution in [0.5, 0.6) is 0 Å². The van der Waals surface area contributed by atoms with Crippen LogP contribution in [0.25, 0.3) is 0 Å². The maximum absolute atomic E-state index is 14.3. The van der Waals surface area contributed by atoms with Crippen molar-refractivity contribution in [1.29, 1.82) is 0 Å². The fourth-order valence-corrected chi connectivity index (χ4v) is 4.73. The molecule has 3 rings (SSSR count). The molecular weight excluding hydrogens is 345 g/mol. The Hall–Kier alpha value is -1.84. The third-order valence-corrected chi connectivity index (χ3v) is 5.94. The number of likely N-dealkylation sites (N-methyl/N-ethyl adjacent to an activating group) is 1. The number of aliphatic hydroxyl groups is 1. The van der Waals surface area contributed by atoms with E-state index in [9.17, 15) is 18.6 Å². The highest BCUT2D eigenvalue weighted by molar-refractivity contribution is 8.27. The van der Waals surface area contributed by atoms with Gasteiger partial charge in [-0.1, -0.05) is 24.3 Å². The summed E-state index contributed by atoms with van der Waals surface area (Å²) in [6.07, 6.45) is -0.272. The van der Waals surface area contributed by atoms with Crippen LogP contribution in [-0.2, 0) is 0 Å². The molecule has 6 nitrogen and oxygen atoms in total. The molecule has 0 spiro atoms. The van der Waals surface area contributed by atoms with E-state index in [-0.39, 0.29) is 12.2 Å². The summed E-state index contributed by atoms with van der Waals surface area (Å²) in [7, 11) is -1.74. The summed E-state index contributed by atoms with van der Waals surface area (Å²) in [4.78, 5) is 0. The van der Waals surface area contributed by atoms with Crippen LogP contribution in [0.3, 0.4) is 0 Å². The fourth-order valence-electron chi connectivity index (χ4n) is 2.93. The molecule has 0 fully saturated rings. The van der Waals surface area contributed by atoms with Crippen LogP contribution in [0.4, 0.5) is 21.5 Å². The molecule has 1 atom stereocenters. The van der Waals surface area contributed by atoms with Crippen LogP contribution >= 0.6 is 11.0 Å². The number of aliphatic hydroxyl groups excluding tert-OH is 1. The lowest BCUT2D eigenvalue weighted by Gasteiger charge is -2.44. The van der Waals surface area contributed by atoms with Crippen molar-refractivity contribution in [2.45, 2.75) is 12.5 Å². The molecule has 25 heavy (non-hydrogen) atoms. The average molecular weight is 367 g/mol. The standard InChI is InChI=1S/C17H22FN3O3S/c1-19-12-13(22)10-11-20-16-8-4-5-9-17(16)21(25(20,23)24)15-7-3-2-6-14(15)18/h2-9,13,19,22-24H,10-12H2,1H3/t13-/m1/s1. The zero-order chi connectivity index (χ0) is 18.0. The number of nitrogens with zero attached hydrogens (tertiary/aromatic N) is 2. The Labute approximate surface area is 148 Å². The Morgan fingerprint density at radius 1 is 1.04 bits per heavy atom. The number of fused-ring (bicyclic) bond motifs is 1. The molecular formula is C17H22FN3O3S. The molecule has 1 heterocycles. The van der Waals surface area contributed by atoms with Gasteiger partial charge in [-0.3, -0.25) is 13.4 Å². The van der Waals surface area contributed by atoms with Gasteiger partial charge in [0, 0.05) is 13.1 Å². The monoisotopic (exact) mass is 367 g/mol. The number of hydrogen-bond donors (Lipinski definition) is 4. The zero-order valence-corrected chi connectivity index (χ0v) is 14.7. The van der Waals surface area contributed by atoms with Crippen LogP contribution in [0.1, 0.15) is 6.42 Å². The smallest absolute Gasteiger partial charge is 0.148 e. The molecule has 0 bridgehead atoms. The van der Waals surface area contributed by atoms with Gasteiger partial charge in [-0.05, 0) is 48.7 Å². The first-order valence-corrected chi connectivity index (χ1v) is 9.45. The summed E-state index contributed by atoms with van der Waals surface area (Å²) in [6.45, 7) is 0.638. The molecule has 0 amide bonds. The second kappa shape index (κ2) is 7.19. The minimum absolute atomic E-state index is 0.105. The van der Waals surface area contributed by atoms with Crippen LogP contribution in [0, 0.1) is 5.82 Å². The van der Waals surface area contributed by atoms with E-state index >= 15 is 0 Å². The van der Waals surface area contributed by atoms with Crippen molar-refractivity contribution < 1.29 is 18.6 Å². The van der Waals surface area contributed by atoms with Crippen LogP contribution in [0.2, 0.25) is 0 Å². The summed E-state index contributed by atoms with van der Waals surface area (Å²) in [5.74, 6) is -0.533. The third-order valence-electron chi connectivity index (χ3n) is 4.09. The molecule has 4 N–H and O–H groups in total. The van der Waals surface area contributed by atoms with E-state index in [0.717, 1.165) is 0 Å². The van der Waals surface area contributed by atoms with Gasteiger partial charge in [-0.2, -0.15) is 0 Å². The van der Waals surface area contributed by atoms with Gasteiger partial charge in [0.05, 0.1) is 17.5 Å². The highest BCUT2D eigenvalue weighted by Crippen LogP contribution is 2.64. The number of hydrogen-bond acceptors (Lipinski definition) is 6. The number of anilines is 3. The van der Waals surface area contributed by atoms with E-state index in [1.54, 1.807) is 43.4 Å². The van der Waals surface area contributed by atoms with Crippen LogP contribution in [0.15, 0.2) is 48.5 Å². The minimum atomic E-state index is -3.48. The summed E-state index contributed by atoms with van der Waals surface area (Å²) in [5, 5.41) is 12.8. The predicted octanol–water partition coefficient (Wildman–Crippen LogP) is 3.33. The topological polar surface area (TPSA) is 79.2 Å². The van der Waals surface area contributed by atoms with Crippen LogP contribution in [-0.4, -0.2) is 40.5 Å². The SMILES string of the molecule is CNC[C@H](O)CCN1c2ccccc2N(c2ccccc2F)S1(O)O. The lowest BCUT2D eigenvalue weighted by Crippen LogP contribution is -2.35. The molecule has 0 unspecified atom stereocenters. The Morgan fingerprint density at radius 3 is 2.28 bits per heavy atom. The number of rotatable bonds is 6. The highest BCUT2D eigenvalue weighted by Gasteiger charge is 2.42. The van der Waals surface area contributed by atoms with E-state index in [1.165, 1.54) is 20.7 Å². The molecule has 0 aliphatic carbocycles. The molecule has 8 heteroatoms. The molecule has 0 radical (unpaired) electrons. The van der Waals surface area contributed by atoms with Gasteiger partial charge in [0.2, 0.25) is 0 Å². The van der Waals surface area contributed by atoms with Crippen LogP contribution < -0.4 is 13.9 Å². The molecule has 0 saturated heterocycles. The van der Waals surface area contributed by atoms with Gasteiger partial charge < -0.3 is 10.4 Å². The van der Waals surface area contributed by atoms with Crippen molar-refractivity contribution in [3.63, 3.8) is 0 Å². The van der Waals surface area contributed by atoms with Crippen molar-refractivity contribution in [2.24, 2.45) is 0 Å². The number of nitrogens with one attached hydrogen (secondary N) is 1.